The Morgan fingerprint density at radius 2 is 2.05 bits per heavy atom. The zero-order chi connectivity index (χ0) is 15.5. The van der Waals surface area contributed by atoms with Crippen molar-refractivity contribution in [2.24, 2.45) is 10.9 Å². The molecular weight excluding hydrogens is 289 g/mol. The van der Waals surface area contributed by atoms with Crippen LogP contribution in [-0.4, -0.2) is 21.0 Å². The molecule has 0 saturated carbocycles. The highest BCUT2D eigenvalue weighted by atomic mass is 19.4. The van der Waals surface area contributed by atoms with Crippen LogP contribution in [0.5, 0.6) is 11.8 Å². The largest absolute Gasteiger partial charge is 0.424 e. The van der Waals surface area contributed by atoms with Crippen molar-refractivity contribution in [3.8, 4) is 11.8 Å². The molecule has 0 unspecified atom stereocenters. The lowest BCUT2D eigenvalue weighted by molar-refractivity contribution is -0.137. The highest BCUT2D eigenvalue weighted by Crippen LogP contribution is 2.32. The lowest BCUT2D eigenvalue weighted by atomic mass is 10.2. The second-order valence-corrected chi connectivity index (χ2v) is 3.84. The first-order valence-electron chi connectivity index (χ1n) is 5.56. The molecule has 0 saturated heterocycles. The van der Waals surface area contributed by atoms with Gasteiger partial charge >= 0.3 is 12.2 Å². The van der Waals surface area contributed by atoms with Crippen molar-refractivity contribution in [3.05, 3.63) is 47.8 Å². The summed E-state index contributed by atoms with van der Waals surface area (Å²) < 4.78 is 42.9. The van der Waals surface area contributed by atoms with Crippen LogP contribution in [0.3, 0.4) is 0 Å². The van der Waals surface area contributed by atoms with Gasteiger partial charge in [0.1, 0.15) is 11.4 Å². The van der Waals surface area contributed by atoms with Crippen LogP contribution < -0.4 is 10.5 Å². The molecule has 0 fully saturated rings. The average molecular weight is 298 g/mol. The molecule has 9 heteroatoms. The highest BCUT2D eigenvalue weighted by Gasteiger charge is 2.30. The Morgan fingerprint density at radius 1 is 1.29 bits per heavy atom. The highest BCUT2D eigenvalue weighted by molar-refractivity contribution is 5.95. The van der Waals surface area contributed by atoms with Gasteiger partial charge in [-0.2, -0.15) is 18.2 Å². The van der Waals surface area contributed by atoms with Gasteiger partial charge in [-0.25, -0.2) is 4.98 Å². The fourth-order valence-electron chi connectivity index (χ4n) is 1.43. The Kier molecular flexibility index (Phi) is 3.92. The minimum atomic E-state index is -4.48. The van der Waals surface area contributed by atoms with Gasteiger partial charge in [0.05, 0.1) is 5.56 Å². The fourth-order valence-corrected chi connectivity index (χ4v) is 1.43. The second kappa shape index (κ2) is 5.65. The van der Waals surface area contributed by atoms with Crippen molar-refractivity contribution in [2.75, 3.05) is 0 Å². The molecule has 0 aliphatic heterocycles. The molecule has 6 nitrogen and oxygen atoms in total. The number of benzene rings is 1. The van der Waals surface area contributed by atoms with Crippen LogP contribution in [-0.2, 0) is 6.18 Å². The Bertz CT molecular complexity index is 674. The van der Waals surface area contributed by atoms with Crippen molar-refractivity contribution in [1.82, 2.24) is 9.97 Å². The molecule has 110 valence electrons. The molecule has 1 heterocycles. The van der Waals surface area contributed by atoms with E-state index in [9.17, 15) is 13.2 Å². The van der Waals surface area contributed by atoms with Crippen molar-refractivity contribution >= 4 is 5.84 Å². The van der Waals surface area contributed by atoms with E-state index in [4.69, 9.17) is 15.7 Å². The third kappa shape index (κ3) is 3.59. The molecule has 2 rings (SSSR count). The van der Waals surface area contributed by atoms with Crippen molar-refractivity contribution in [2.45, 2.75) is 6.18 Å². The lowest BCUT2D eigenvalue weighted by Gasteiger charge is -2.09. The topological polar surface area (TPSA) is 93.6 Å². The summed E-state index contributed by atoms with van der Waals surface area (Å²) in [5.41, 5.74) is 4.57. The predicted octanol–water partition coefficient (Wildman–Crippen LogP) is 2.38. The number of ether oxygens (including phenoxy) is 1. The number of alkyl halides is 3. The molecule has 1 aromatic heterocycles. The maximum atomic E-state index is 12.6. The van der Waals surface area contributed by atoms with Crippen LogP contribution in [0.2, 0.25) is 0 Å². The average Bonchev–Trinajstić information content (AvgIpc) is 2.46. The van der Waals surface area contributed by atoms with E-state index in [0.717, 1.165) is 12.1 Å². The summed E-state index contributed by atoms with van der Waals surface area (Å²) in [7, 11) is 0. The number of nitrogens with two attached hydrogens (primary N) is 1. The number of hydrogen-bond donors (Lipinski definition) is 2. The first-order valence-corrected chi connectivity index (χ1v) is 5.56. The van der Waals surface area contributed by atoms with Crippen molar-refractivity contribution in [1.29, 1.82) is 0 Å². The van der Waals surface area contributed by atoms with Crippen LogP contribution in [0, 0.1) is 0 Å². The maximum absolute atomic E-state index is 12.6. The van der Waals surface area contributed by atoms with E-state index in [2.05, 4.69) is 15.1 Å². The van der Waals surface area contributed by atoms with E-state index in [-0.39, 0.29) is 23.3 Å². The molecule has 0 amide bonds. The van der Waals surface area contributed by atoms with Crippen LogP contribution in [0.25, 0.3) is 0 Å². The second-order valence-electron chi connectivity index (χ2n) is 3.84. The summed E-state index contributed by atoms with van der Waals surface area (Å²) in [6.07, 6.45) is -3.21. The molecule has 0 aliphatic rings. The first kappa shape index (κ1) is 14.6. The van der Waals surface area contributed by atoms with Gasteiger partial charge in [0.15, 0.2) is 5.84 Å². The van der Waals surface area contributed by atoms with Crippen LogP contribution in [0.15, 0.2) is 41.7 Å². The molecular formula is C12H9F3N4O2. The quantitative estimate of drug-likeness (QED) is 0.393. The Hall–Kier alpha value is -2.84. The van der Waals surface area contributed by atoms with E-state index in [1.807, 2.05) is 0 Å². The molecule has 0 atom stereocenters. The predicted molar refractivity (Wildman–Crippen MR) is 66.1 cm³/mol. The summed E-state index contributed by atoms with van der Waals surface area (Å²) in [5, 5.41) is 11.3. The summed E-state index contributed by atoms with van der Waals surface area (Å²) in [6.45, 7) is 0. The monoisotopic (exact) mass is 298 g/mol. The summed E-state index contributed by atoms with van der Waals surface area (Å²) in [5.74, 6) is -0.354. The summed E-state index contributed by atoms with van der Waals surface area (Å²) in [6, 6.07) is 5.40. The van der Waals surface area contributed by atoms with Crippen molar-refractivity contribution in [3.63, 3.8) is 0 Å². The Balaban J connectivity index is 2.27. The normalized spacial score (nSPS) is 12.2. The van der Waals surface area contributed by atoms with E-state index in [1.165, 1.54) is 24.4 Å². The molecule has 0 bridgehead atoms. The van der Waals surface area contributed by atoms with Gasteiger partial charge in [0.2, 0.25) is 0 Å². The minimum absolute atomic E-state index is 0.0782. The van der Waals surface area contributed by atoms with Gasteiger partial charge in [-0.3, -0.25) is 0 Å². The first-order chi connectivity index (χ1) is 9.90. The lowest BCUT2D eigenvalue weighted by Crippen LogP contribution is -2.15. The number of halogens is 3. The Labute approximate surface area is 116 Å². The van der Waals surface area contributed by atoms with Crippen molar-refractivity contribution < 1.29 is 23.1 Å². The third-order valence-electron chi connectivity index (χ3n) is 2.37. The molecule has 1 aromatic carbocycles. The SMILES string of the molecule is N/C(=N/O)c1ccnc(Oc2cccc(C(F)(F)F)c2)n1. The fraction of sp³-hybridized carbons (Fsp3) is 0.0833. The molecule has 0 aliphatic carbocycles. The van der Waals surface area contributed by atoms with Gasteiger partial charge in [0.25, 0.3) is 0 Å². The zero-order valence-electron chi connectivity index (χ0n) is 10.4. The zero-order valence-corrected chi connectivity index (χ0v) is 10.4. The van der Waals surface area contributed by atoms with E-state index in [1.54, 1.807) is 0 Å². The van der Waals surface area contributed by atoms with Crippen LogP contribution >= 0.6 is 0 Å². The van der Waals surface area contributed by atoms with Gasteiger partial charge in [-0.05, 0) is 24.3 Å². The summed E-state index contributed by atoms with van der Waals surface area (Å²) >= 11 is 0. The van der Waals surface area contributed by atoms with Crippen LogP contribution in [0.1, 0.15) is 11.3 Å². The van der Waals surface area contributed by atoms with Crippen LogP contribution in [0.4, 0.5) is 13.2 Å². The number of nitrogens with zero attached hydrogens (tertiary/aromatic N) is 3. The van der Waals surface area contributed by atoms with E-state index < -0.39 is 11.7 Å². The summed E-state index contributed by atoms with van der Waals surface area (Å²) in [4.78, 5) is 7.54. The van der Waals surface area contributed by atoms with E-state index in [0.29, 0.717) is 0 Å². The third-order valence-corrected chi connectivity index (χ3v) is 2.37. The standard InChI is InChI=1S/C12H9F3N4O2/c13-12(14,15)7-2-1-3-8(6-7)21-11-17-5-4-9(18-11)10(16)19-20/h1-6,20H,(H2,16,19). The number of oxime groups is 1. The number of amidine groups is 1. The number of aromatic nitrogens is 2. The Morgan fingerprint density at radius 3 is 2.71 bits per heavy atom. The van der Waals surface area contributed by atoms with E-state index >= 15 is 0 Å². The number of hydrogen-bond acceptors (Lipinski definition) is 5. The molecule has 0 spiro atoms. The van der Waals surface area contributed by atoms with Gasteiger partial charge in [-0.15, -0.1) is 0 Å². The maximum Gasteiger partial charge on any atom is 0.416 e. The van der Waals surface area contributed by atoms with Gasteiger partial charge in [0, 0.05) is 6.20 Å². The van der Waals surface area contributed by atoms with Gasteiger partial charge in [-0.1, -0.05) is 11.2 Å². The van der Waals surface area contributed by atoms with Gasteiger partial charge < -0.3 is 15.7 Å². The smallest absolute Gasteiger partial charge is 0.416 e. The number of rotatable bonds is 3. The molecule has 21 heavy (non-hydrogen) atoms. The molecule has 0 radical (unpaired) electrons. The molecule has 3 N–H and O–H groups in total. The minimum Gasteiger partial charge on any atom is -0.424 e. The molecule has 2 aromatic rings.